The standard InChI is InChI=1S/C19H22N6O2S/c1-12(20)17(27)21-14-7-5-6-13(10-14)18-23-25-16(26)11-15(22-19(25)28-18)24-8-3-2-4-9-24/h5-7,10-12H,2-4,8-9,20H2,1H3,(H,21,27)/t12-/m0/s1. The van der Waals surface area contributed by atoms with Crippen LogP contribution in [0.4, 0.5) is 11.5 Å². The maximum Gasteiger partial charge on any atom is 0.277 e. The molecule has 0 aliphatic carbocycles. The molecule has 1 amide bonds. The second-order valence-corrected chi connectivity index (χ2v) is 7.92. The minimum Gasteiger partial charge on any atom is -0.356 e. The third kappa shape index (κ3) is 3.76. The maximum absolute atomic E-state index is 12.5. The van der Waals surface area contributed by atoms with E-state index in [4.69, 9.17) is 5.73 Å². The molecule has 1 fully saturated rings. The number of anilines is 2. The van der Waals surface area contributed by atoms with Crippen molar-refractivity contribution in [2.45, 2.75) is 32.2 Å². The maximum atomic E-state index is 12.5. The topological polar surface area (TPSA) is 106 Å². The molecular formula is C19H22N6O2S. The number of carbonyl (C=O) groups excluding carboxylic acids is 1. The van der Waals surface area contributed by atoms with Crippen molar-refractivity contribution in [3.8, 4) is 10.6 Å². The zero-order chi connectivity index (χ0) is 19.7. The van der Waals surface area contributed by atoms with Crippen molar-refractivity contribution < 1.29 is 4.79 Å². The van der Waals surface area contributed by atoms with E-state index in [0.717, 1.165) is 37.3 Å². The van der Waals surface area contributed by atoms with E-state index in [-0.39, 0.29) is 11.5 Å². The number of piperidine rings is 1. The van der Waals surface area contributed by atoms with Crippen molar-refractivity contribution >= 4 is 33.7 Å². The fraction of sp³-hybridized carbons (Fsp3) is 0.368. The lowest BCUT2D eigenvalue weighted by Gasteiger charge is -2.27. The minimum atomic E-state index is -0.595. The van der Waals surface area contributed by atoms with Gasteiger partial charge in [0.05, 0.1) is 6.04 Å². The molecule has 9 heteroatoms. The number of rotatable bonds is 4. The molecule has 1 aliphatic heterocycles. The molecule has 0 saturated carbocycles. The van der Waals surface area contributed by atoms with E-state index in [1.807, 2.05) is 18.2 Å². The van der Waals surface area contributed by atoms with Crippen molar-refractivity contribution in [3.05, 3.63) is 40.7 Å². The van der Waals surface area contributed by atoms with Gasteiger partial charge in [-0.25, -0.2) is 4.98 Å². The number of nitrogens with zero attached hydrogens (tertiary/aromatic N) is 4. The molecule has 3 N–H and O–H groups in total. The molecule has 0 unspecified atom stereocenters. The second-order valence-electron chi connectivity index (χ2n) is 6.96. The Hall–Kier alpha value is -2.78. The molecule has 0 spiro atoms. The summed E-state index contributed by atoms with van der Waals surface area (Å²) < 4.78 is 1.33. The molecule has 1 saturated heterocycles. The third-order valence-corrected chi connectivity index (χ3v) is 5.66. The van der Waals surface area contributed by atoms with Gasteiger partial charge < -0.3 is 16.0 Å². The van der Waals surface area contributed by atoms with Crippen molar-refractivity contribution in [2.75, 3.05) is 23.3 Å². The predicted molar refractivity (Wildman–Crippen MR) is 111 cm³/mol. The SMILES string of the molecule is C[C@H](N)C(=O)Nc1cccc(-c2nn3c(=O)cc(N4CCCCC4)nc3s2)c1. The summed E-state index contributed by atoms with van der Waals surface area (Å²) in [6, 6.07) is 8.27. The van der Waals surface area contributed by atoms with E-state index in [2.05, 4.69) is 20.3 Å². The Labute approximate surface area is 166 Å². The summed E-state index contributed by atoms with van der Waals surface area (Å²) in [5.74, 6) is 0.461. The van der Waals surface area contributed by atoms with Gasteiger partial charge in [0.15, 0.2) is 0 Å². The van der Waals surface area contributed by atoms with Gasteiger partial charge >= 0.3 is 0 Å². The Balaban J connectivity index is 1.67. The molecule has 2 aromatic heterocycles. The Kier molecular flexibility index (Phi) is 5.10. The summed E-state index contributed by atoms with van der Waals surface area (Å²) in [6.45, 7) is 3.48. The van der Waals surface area contributed by atoms with Crippen LogP contribution in [0.3, 0.4) is 0 Å². The van der Waals surface area contributed by atoms with Crippen molar-refractivity contribution in [3.63, 3.8) is 0 Å². The van der Waals surface area contributed by atoms with E-state index in [9.17, 15) is 9.59 Å². The predicted octanol–water partition coefficient (Wildman–Crippen LogP) is 2.09. The zero-order valence-electron chi connectivity index (χ0n) is 15.6. The highest BCUT2D eigenvalue weighted by Crippen LogP contribution is 2.27. The Morgan fingerprint density at radius 3 is 2.79 bits per heavy atom. The molecule has 1 aromatic carbocycles. The van der Waals surface area contributed by atoms with E-state index in [0.29, 0.717) is 15.7 Å². The number of hydrogen-bond acceptors (Lipinski definition) is 7. The van der Waals surface area contributed by atoms with E-state index in [1.54, 1.807) is 19.1 Å². The first kappa shape index (κ1) is 18.6. The molecule has 8 nitrogen and oxygen atoms in total. The first-order valence-corrected chi connectivity index (χ1v) is 10.2. The summed E-state index contributed by atoms with van der Waals surface area (Å²) in [6.07, 6.45) is 3.46. The number of nitrogens with two attached hydrogens (primary N) is 1. The average Bonchev–Trinajstić information content (AvgIpc) is 3.14. The molecule has 0 radical (unpaired) electrons. The first-order valence-electron chi connectivity index (χ1n) is 9.34. The molecular weight excluding hydrogens is 376 g/mol. The Morgan fingerprint density at radius 2 is 2.04 bits per heavy atom. The van der Waals surface area contributed by atoms with Gasteiger partial charge in [-0.05, 0) is 38.3 Å². The van der Waals surface area contributed by atoms with E-state index >= 15 is 0 Å². The lowest BCUT2D eigenvalue weighted by Crippen LogP contribution is -2.32. The normalized spacial score (nSPS) is 15.6. The Morgan fingerprint density at radius 1 is 1.25 bits per heavy atom. The van der Waals surface area contributed by atoms with Crippen LogP contribution >= 0.6 is 11.3 Å². The van der Waals surface area contributed by atoms with Gasteiger partial charge in [0.2, 0.25) is 10.9 Å². The van der Waals surface area contributed by atoms with Crippen LogP contribution in [0.2, 0.25) is 0 Å². The van der Waals surface area contributed by atoms with Gasteiger partial charge in [0.1, 0.15) is 10.8 Å². The zero-order valence-corrected chi connectivity index (χ0v) is 16.4. The van der Waals surface area contributed by atoms with Crippen LogP contribution in [-0.4, -0.2) is 39.6 Å². The number of amides is 1. The van der Waals surface area contributed by atoms with Gasteiger partial charge in [-0.2, -0.15) is 9.61 Å². The van der Waals surface area contributed by atoms with Crippen LogP contribution in [0, 0.1) is 0 Å². The molecule has 4 rings (SSSR count). The smallest absolute Gasteiger partial charge is 0.277 e. The third-order valence-electron chi connectivity index (χ3n) is 4.70. The number of benzene rings is 1. The van der Waals surface area contributed by atoms with Gasteiger partial charge in [0.25, 0.3) is 5.56 Å². The van der Waals surface area contributed by atoms with Crippen LogP contribution in [0.15, 0.2) is 35.1 Å². The quantitative estimate of drug-likeness (QED) is 0.697. The molecule has 3 aromatic rings. The molecule has 1 aliphatic rings. The summed E-state index contributed by atoms with van der Waals surface area (Å²) in [5, 5.41) is 7.86. The van der Waals surface area contributed by atoms with Gasteiger partial charge in [0, 0.05) is 30.4 Å². The highest BCUT2D eigenvalue weighted by Gasteiger charge is 2.17. The van der Waals surface area contributed by atoms with Crippen LogP contribution in [0.5, 0.6) is 0 Å². The fourth-order valence-corrected chi connectivity index (χ4v) is 4.08. The lowest BCUT2D eigenvalue weighted by molar-refractivity contribution is -0.117. The summed E-state index contributed by atoms with van der Waals surface area (Å²) in [4.78, 5) is 31.8. The van der Waals surface area contributed by atoms with Gasteiger partial charge in [-0.15, -0.1) is 0 Å². The number of aromatic nitrogens is 3. The van der Waals surface area contributed by atoms with Crippen molar-refractivity contribution in [1.29, 1.82) is 0 Å². The van der Waals surface area contributed by atoms with Gasteiger partial charge in [-0.3, -0.25) is 9.59 Å². The minimum absolute atomic E-state index is 0.186. The molecule has 3 heterocycles. The summed E-state index contributed by atoms with van der Waals surface area (Å²) >= 11 is 1.35. The molecule has 0 bridgehead atoms. The summed E-state index contributed by atoms with van der Waals surface area (Å²) in [7, 11) is 0. The number of carbonyl (C=O) groups is 1. The second kappa shape index (κ2) is 7.69. The first-order chi connectivity index (χ1) is 13.5. The fourth-order valence-electron chi connectivity index (χ4n) is 3.19. The Bertz CT molecular complexity index is 1070. The van der Waals surface area contributed by atoms with Crippen LogP contribution in [0.1, 0.15) is 26.2 Å². The van der Waals surface area contributed by atoms with Crippen LogP contribution in [0.25, 0.3) is 15.5 Å². The highest BCUT2D eigenvalue weighted by molar-refractivity contribution is 7.19. The number of hydrogen-bond donors (Lipinski definition) is 2. The van der Waals surface area contributed by atoms with Gasteiger partial charge in [-0.1, -0.05) is 23.5 Å². The number of fused-ring (bicyclic) bond motifs is 1. The molecule has 146 valence electrons. The van der Waals surface area contributed by atoms with Crippen LogP contribution in [-0.2, 0) is 4.79 Å². The largest absolute Gasteiger partial charge is 0.356 e. The lowest BCUT2D eigenvalue weighted by atomic mass is 10.1. The average molecular weight is 398 g/mol. The highest BCUT2D eigenvalue weighted by atomic mass is 32.1. The molecule has 28 heavy (non-hydrogen) atoms. The van der Waals surface area contributed by atoms with Crippen LogP contribution < -0.4 is 21.5 Å². The van der Waals surface area contributed by atoms with Crippen molar-refractivity contribution in [2.24, 2.45) is 5.73 Å². The summed E-state index contributed by atoms with van der Waals surface area (Å²) in [5.41, 5.74) is 6.85. The molecule has 1 atom stereocenters. The van der Waals surface area contributed by atoms with Crippen molar-refractivity contribution in [1.82, 2.24) is 14.6 Å². The monoisotopic (exact) mass is 398 g/mol. The number of nitrogens with one attached hydrogen (secondary N) is 1. The van der Waals surface area contributed by atoms with E-state index in [1.165, 1.54) is 22.3 Å². The van der Waals surface area contributed by atoms with E-state index < -0.39 is 6.04 Å².